The Balaban J connectivity index is 1.17. The highest BCUT2D eigenvalue weighted by atomic mass is 16.5. The second-order valence-electron chi connectivity index (χ2n) is 8.00. The van der Waals surface area contributed by atoms with Crippen LogP contribution in [0.3, 0.4) is 0 Å². The van der Waals surface area contributed by atoms with Gasteiger partial charge in [-0.25, -0.2) is 4.98 Å². The molecule has 4 heterocycles. The molecule has 0 saturated carbocycles. The van der Waals surface area contributed by atoms with Crippen molar-refractivity contribution in [1.29, 1.82) is 0 Å². The van der Waals surface area contributed by atoms with Crippen LogP contribution in [0.4, 0.5) is 11.5 Å². The number of hydrogen-bond donors (Lipinski definition) is 2. The number of amides is 2. The summed E-state index contributed by atoms with van der Waals surface area (Å²) in [7, 11) is 0. The van der Waals surface area contributed by atoms with Crippen LogP contribution in [-0.2, 0) is 20.9 Å². The van der Waals surface area contributed by atoms with E-state index in [9.17, 15) is 9.59 Å². The summed E-state index contributed by atoms with van der Waals surface area (Å²) in [4.78, 5) is 31.7. The van der Waals surface area contributed by atoms with E-state index in [1.165, 1.54) is 0 Å². The molecule has 10 heteroatoms. The molecule has 1 aliphatic rings. The summed E-state index contributed by atoms with van der Waals surface area (Å²) in [6.45, 7) is 4.85. The first-order valence-corrected chi connectivity index (χ1v) is 11.1. The number of imidazole rings is 1. The van der Waals surface area contributed by atoms with Crippen molar-refractivity contribution < 1.29 is 14.3 Å². The zero-order chi connectivity index (χ0) is 23.3. The highest BCUT2D eigenvalue weighted by molar-refractivity contribution is 6.43. The minimum absolute atomic E-state index is 0.333. The van der Waals surface area contributed by atoms with E-state index < -0.39 is 11.8 Å². The number of rotatable bonds is 6. The molecule has 0 radical (unpaired) electrons. The lowest BCUT2D eigenvalue weighted by molar-refractivity contribution is -0.133. The van der Waals surface area contributed by atoms with Crippen LogP contribution in [-0.4, -0.2) is 68.7 Å². The van der Waals surface area contributed by atoms with Gasteiger partial charge in [0.25, 0.3) is 0 Å². The van der Waals surface area contributed by atoms with Gasteiger partial charge in [-0.2, -0.15) is 5.10 Å². The fourth-order valence-electron chi connectivity index (χ4n) is 3.80. The molecule has 34 heavy (non-hydrogen) atoms. The zero-order valence-corrected chi connectivity index (χ0v) is 18.6. The molecule has 0 unspecified atom stereocenters. The standard InChI is InChI=1S/C24H25N7O3/c32-23(24(33)27-21-8-9-31(28-21)11-10-29-12-14-34-15-13-29)25-19-6-7-22-26-20(17-30(22)16-19)18-4-2-1-3-5-18/h1-9,16-17H,10-15H2,(H,25,32)(H,27,28,33). The Morgan fingerprint density at radius 3 is 2.53 bits per heavy atom. The van der Waals surface area contributed by atoms with E-state index in [0.29, 0.717) is 18.1 Å². The Morgan fingerprint density at radius 2 is 1.71 bits per heavy atom. The third kappa shape index (κ3) is 5.13. The molecule has 0 bridgehead atoms. The third-order valence-corrected chi connectivity index (χ3v) is 5.62. The number of nitrogens with one attached hydrogen (secondary N) is 2. The van der Waals surface area contributed by atoms with Gasteiger partial charge in [-0.3, -0.25) is 19.2 Å². The number of fused-ring (bicyclic) bond motifs is 1. The van der Waals surface area contributed by atoms with Gasteiger partial charge in [-0.1, -0.05) is 30.3 Å². The lowest BCUT2D eigenvalue weighted by Gasteiger charge is -2.26. The van der Waals surface area contributed by atoms with Gasteiger partial charge >= 0.3 is 11.8 Å². The Kier molecular flexibility index (Phi) is 6.32. The first kappa shape index (κ1) is 21.8. The maximum Gasteiger partial charge on any atom is 0.315 e. The lowest BCUT2D eigenvalue weighted by Crippen LogP contribution is -2.38. The molecule has 4 aromatic rings. The zero-order valence-electron chi connectivity index (χ0n) is 18.6. The molecule has 0 aliphatic carbocycles. The first-order valence-electron chi connectivity index (χ1n) is 11.1. The van der Waals surface area contributed by atoms with Crippen molar-refractivity contribution in [2.75, 3.05) is 43.5 Å². The summed E-state index contributed by atoms with van der Waals surface area (Å²) in [5.74, 6) is -1.22. The minimum atomic E-state index is -0.783. The normalized spacial score (nSPS) is 14.2. The molecule has 10 nitrogen and oxygen atoms in total. The second-order valence-corrected chi connectivity index (χ2v) is 8.00. The van der Waals surface area contributed by atoms with E-state index in [1.54, 1.807) is 35.3 Å². The van der Waals surface area contributed by atoms with Gasteiger partial charge in [0.1, 0.15) is 5.65 Å². The third-order valence-electron chi connectivity index (χ3n) is 5.62. The van der Waals surface area contributed by atoms with E-state index in [1.807, 2.05) is 40.9 Å². The molecular weight excluding hydrogens is 434 g/mol. The molecule has 174 valence electrons. The van der Waals surface area contributed by atoms with Crippen LogP contribution in [0.15, 0.2) is 67.1 Å². The second kappa shape index (κ2) is 9.86. The van der Waals surface area contributed by atoms with E-state index >= 15 is 0 Å². The van der Waals surface area contributed by atoms with E-state index in [-0.39, 0.29) is 0 Å². The molecule has 1 fully saturated rings. The van der Waals surface area contributed by atoms with Gasteiger partial charge in [0.2, 0.25) is 0 Å². The van der Waals surface area contributed by atoms with Crippen molar-refractivity contribution in [1.82, 2.24) is 24.1 Å². The predicted octanol–water partition coefficient (Wildman–Crippen LogP) is 2.11. The maximum atomic E-state index is 12.4. The number of benzene rings is 1. The fourth-order valence-corrected chi connectivity index (χ4v) is 3.80. The lowest BCUT2D eigenvalue weighted by atomic mass is 10.2. The van der Waals surface area contributed by atoms with Crippen LogP contribution in [0, 0.1) is 0 Å². The Bertz CT molecular complexity index is 1290. The van der Waals surface area contributed by atoms with Crippen LogP contribution < -0.4 is 10.6 Å². The summed E-state index contributed by atoms with van der Waals surface area (Å²) >= 11 is 0. The molecule has 0 spiro atoms. The van der Waals surface area contributed by atoms with Gasteiger partial charge in [0.05, 0.1) is 31.1 Å². The monoisotopic (exact) mass is 459 g/mol. The number of ether oxygens (including phenoxy) is 1. The SMILES string of the molecule is O=C(Nc1ccc2nc(-c3ccccc3)cn2c1)C(=O)Nc1ccn(CCN2CCOCC2)n1. The molecule has 1 saturated heterocycles. The molecule has 2 N–H and O–H groups in total. The number of hydrogen-bond acceptors (Lipinski definition) is 6. The number of aromatic nitrogens is 4. The van der Waals surface area contributed by atoms with Crippen LogP contribution in [0.1, 0.15) is 0 Å². The van der Waals surface area contributed by atoms with Crippen LogP contribution in [0.25, 0.3) is 16.9 Å². The van der Waals surface area contributed by atoms with E-state index in [0.717, 1.165) is 49.8 Å². The van der Waals surface area contributed by atoms with Crippen LogP contribution in [0.5, 0.6) is 0 Å². The Labute approximate surface area is 196 Å². The average molecular weight is 460 g/mol. The quantitative estimate of drug-likeness (QED) is 0.428. The van der Waals surface area contributed by atoms with Gasteiger partial charge < -0.3 is 19.8 Å². The summed E-state index contributed by atoms with van der Waals surface area (Å²) in [6.07, 6.45) is 5.38. The van der Waals surface area contributed by atoms with Crippen molar-refractivity contribution in [3.05, 3.63) is 67.1 Å². The molecule has 1 aliphatic heterocycles. The smallest absolute Gasteiger partial charge is 0.315 e. The number of nitrogens with zero attached hydrogens (tertiary/aromatic N) is 5. The summed E-state index contributed by atoms with van der Waals surface area (Å²) in [6, 6.07) is 15.0. The molecule has 3 aromatic heterocycles. The van der Waals surface area contributed by atoms with Crippen molar-refractivity contribution >= 4 is 29.0 Å². The molecule has 1 aromatic carbocycles. The summed E-state index contributed by atoms with van der Waals surface area (Å²) in [5, 5.41) is 9.50. The Hall–Kier alpha value is -4.02. The van der Waals surface area contributed by atoms with E-state index in [4.69, 9.17) is 4.74 Å². The maximum absolute atomic E-state index is 12.4. The van der Waals surface area contributed by atoms with Gasteiger partial charge in [0, 0.05) is 49.9 Å². The highest BCUT2D eigenvalue weighted by Gasteiger charge is 2.16. The number of anilines is 2. The minimum Gasteiger partial charge on any atom is -0.379 e. The van der Waals surface area contributed by atoms with Crippen molar-refractivity contribution in [3.8, 4) is 11.3 Å². The van der Waals surface area contributed by atoms with Gasteiger partial charge in [-0.05, 0) is 12.1 Å². The van der Waals surface area contributed by atoms with Crippen molar-refractivity contribution in [2.24, 2.45) is 0 Å². The summed E-state index contributed by atoms with van der Waals surface area (Å²) < 4.78 is 8.91. The highest BCUT2D eigenvalue weighted by Crippen LogP contribution is 2.20. The van der Waals surface area contributed by atoms with Crippen molar-refractivity contribution in [3.63, 3.8) is 0 Å². The first-order chi connectivity index (χ1) is 16.6. The average Bonchev–Trinajstić information content (AvgIpc) is 3.50. The number of morpholine rings is 1. The van der Waals surface area contributed by atoms with Crippen LogP contribution >= 0.6 is 0 Å². The topological polar surface area (TPSA) is 106 Å². The summed E-state index contributed by atoms with van der Waals surface area (Å²) in [5.41, 5.74) is 3.05. The van der Waals surface area contributed by atoms with E-state index in [2.05, 4.69) is 25.6 Å². The van der Waals surface area contributed by atoms with Gasteiger partial charge in [-0.15, -0.1) is 0 Å². The largest absolute Gasteiger partial charge is 0.379 e. The van der Waals surface area contributed by atoms with Gasteiger partial charge in [0.15, 0.2) is 5.82 Å². The number of carbonyl (C=O) groups is 2. The molecule has 2 amide bonds. The van der Waals surface area contributed by atoms with Crippen molar-refractivity contribution in [2.45, 2.75) is 6.54 Å². The van der Waals surface area contributed by atoms with Crippen LogP contribution in [0.2, 0.25) is 0 Å². The molecule has 0 atom stereocenters. The predicted molar refractivity (Wildman–Crippen MR) is 127 cm³/mol. The Morgan fingerprint density at radius 1 is 0.912 bits per heavy atom. The number of carbonyl (C=O) groups excluding carboxylic acids is 2. The molecule has 5 rings (SSSR count). The fraction of sp³-hybridized carbons (Fsp3) is 0.250. The number of pyridine rings is 1. The molecular formula is C24H25N7O3.